The van der Waals surface area contributed by atoms with Crippen LogP contribution in [-0.4, -0.2) is 21.8 Å². The topological polar surface area (TPSA) is 42.4 Å². The van der Waals surface area contributed by atoms with Gasteiger partial charge in [0.25, 0.3) is 0 Å². The van der Waals surface area contributed by atoms with Crippen molar-refractivity contribution in [1.29, 1.82) is 0 Å². The number of hydrogen-bond acceptors (Lipinski definition) is 4. The second-order valence-corrected chi connectivity index (χ2v) is 8.23. The molecule has 0 aliphatic rings. The molecule has 0 saturated heterocycles. The fourth-order valence-electron chi connectivity index (χ4n) is 2.54. The van der Waals surface area contributed by atoms with E-state index in [1.807, 2.05) is 28.5 Å². The summed E-state index contributed by atoms with van der Waals surface area (Å²) in [4.78, 5) is 19.1. The van der Waals surface area contributed by atoms with Crippen LogP contribution < -0.4 is 4.74 Å². The first-order valence-electron chi connectivity index (χ1n) is 9.00. The lowest BCUT2D eigenvalue weighted by molar-refractivity contribution is -0.134. The van der Waals surface area contributed by atoms with Crippen molar-refractivity contribution in [1.82, 2.24) is 9.88 Å². The zero-order chi connectivity index (χ0) is 19.1. The van der Waals surface area contributed by atoms with Crippen LogP contribution in [0.15, 0.2) is 29.6 Å². The fourth-order valence-corrected chi connectivity index (χ4v) is 3.42. The van der Waals surface area contributed by atoms with Crippen LogP contribution in [0.1, 0.15) is 51.2 Å². The van der Waals surface area contributed by atoms with E-state index in [1.54, 1.807) is 17.4 Å². The highest BCUT2D eigenvalue weighted by Crippen LogP contribution is 2.21. The molecule has 0 radical (unpaired) electrons. The van der Waals surface area contributed by atoms with E-state index in [0.717, 1.165) is 22.9 Å². The fraction of sp³-hybridized carbons (Fsp3) is 0.500. The number of hydrogen-bond donors (Lipinski definition) is 0. The number of benzene rings is 1. The highest BCUT2D eigenvalue weighted by Gasteiger charge is 2.21. The SMILES string of the molecule is CCC(C)N(Cc1csc(COc2cccc(Cl)c2)n1)C(=O)CC(C)C. The summed E-state index contributed by atoms with van der Waals surface area (Å²) >= 11 is 7.52. The van der Waals surface area contributed by atoms with Crippen molar-refractivity contribution < 1.29 is 9.53 Å². The van der Waals surface area contributed by atoms with Gasteiger partial charge in [-0.05, 0) is 37.5 Å². The molecule has 142 valence electrons. The van der Waals surface area contributed by atoms with Crippen LogP contribution >= 0.6 is 22.9 Å². The molecule has 1 atom stereocenters. The molecule has 1 aromatic carbocycles. The second kappa shape index (κ2) is 9.93. The summed E-state index contributed by atoms with van der Waals surface area (Å²) in [5.41, 5.74) is 0.914. The first kappa shape index (κ1) is 20.7. The van der Waals surface area contributed by atoms with E-state index in [2.05, 4.69) is 32.7 Å². The van der Waals surface area contributed by atoms with Crippen molar-refractivity contribution in [3.05, 3.63) is 45.4 Å². The summed E-state index contributed by atoms with van der Waals surface area (Å²) < 4.78 is 5.74. The molecule has 1 unspecified atom stereocenters. The zero-order valence-electron chi connectivity index (χ0n) is 15.9. The van der Waals surface area contributed by atoms with Crippen molar-refractivity contribution in [2.45, 2.75) is 59.7 Å². The predicted octanol–water partition coefficient (Wildman–Crippen LogP) is 5.55. The smallest absolute Gasteiger partial charge is 0.223 e. The molecule has 0 aliphatic carbocycles. The number of halogens is 1. The Morgan fingerprint density at radius 3 is 2.77 bits per heavy atom. The molecule has 1 aromatic heterocycles. The van der Waals surface area contributed by atoms with Gasteiger partial charge in [0, 0.05) is 22.9 Å². The van der Waals surface area contributed by atoms with Gasteiger partial charge in [-0.25, -0.2) is 4.98 Å². The lowest BCUT2D eigenvalue weighted by Gasteiger charge is -2.28. The minimum Gasteiger partial charge on any atom is -0.486 e. The molecular weight excluding hydrogens is 368 g/mol. The standard InChI is InChI=1S/C20H27ClN2O2S/c1-5-15(4)23(20(24)9-14(2)3)11-17-13-26-19(22-17)12-25-18-8-6-7-16(21)10-18/h6-8,10,13-15H,5,9,11-12H2,1-4H3. The van der Waals surface area contributed by atoms with Crippen LogP contribution in [0, 0.1) is 5.92 Å². The van der Waals surface area contributed by atoms with Gasteiger partial charge in [-0.3, -0.25) is 4.79 Å². The Bertz CT molecular complexity index is 717. The summed E-state index contributed by atoms with van der Waals surface area (Å²) in [6.45, 7) is 9.28. The lowest BCUT2D eigenvalue weighted by Crippen LogP contribution is -2.38. The van der Waals surface area contributed by atoms with E-state index in [4.69, 9.17) is 16.3 Å². The van der Waals surface area contributed by atoms with Crippen LogP contribution in [0.3, 0.4) is 0 Å². The molecule has 1 heterocycles. The van der Waals surface area contributed by atoms with Crippen LogP contribution in [0.5, 0.6) is 5.75 Å². The summed E-state index contributed by atoms with van der Waals surface area (Å²) in [5, 5.41) is 3.55. The second-order valence-electron chi connectivity index (χ2n) is 6.86. The average Bonchev–Trinajstić information content (AvgIpc) is 3.04. The van der Waals surface area contributed by atoms with Gasteiger partial charge in [0.1, 0.15) is 17.4 Å². The third-order valence-corrected chi connectivity index (χ3v) is 5.22. The number of amides is 1. The Kier molecular flexibility index (Phi) is 7.91. The highest BCUT2D eigenvalue weighted by atomic mass is 35.5. The maximum atomic E-state index is 12.6. The van der Waals surface area contributed by atoms with E-state index in [0.29, 0.717) is 30.5 Å². The monoisotopic (exact) mass is 394 g/mol. The Labute approximate surface area is 165 Å². The molecular formula is C20H27ClN2O2S. The predicted molar refractivity (Wildman–Crippen MR) is 108 cm³/mol. The minimum atomic E-state index is 0.194. The molecule has 0 fully saturated rings. The molecule has 1 amide bonds. The van der Waals surface area contributed by atoms with Crippen molar-refractivity contribution >= 4 is 28.8 Å². The van der Waals surface area contributed by atoms with Crippen molar-refractivity contribution in [3.8, 4) is 5.75 Å². The van der Waals surface area contributed by atoms with E-state index in [-0.39, 0.29) is 11.9 Å². The van der Waals surface area contributed by atoms with E-state index in [9.17, 15) is 4.79 Å². The van der Waals surface area contributed by atoms with Gasteiger partial charge in [0.2, 0.25) is 5.91 Å². The molecule has 0 saturated carbocycles. The van der Waals surface area contributed by atoms with Crippen molar-refractivity contribution in [2.75, 3.05) is 0 Å². The highest BCUT2D eigenvalue weighted by molar-refractivity contribution is 7.09. The number of aromatic nitrogens is 1. The van der Waals surface area contributed by atoms with Crippen LogP contribution in [0.2, 0.25) is 5.02 Å². The summed E-state index contributed by atoms with van der Waals surface area (Å²) in [6, 6.07) is 7.53. The van der Waals surface area contributed by atoms with Gasteiger partial charge in [-0.15, -0.1) is 11.3 Å². The largest absolute Gasteiger partial charge is 0.486 e. The van der Waals surface area contributed by atoms with E-state index in [1.165, 1.54) is 0 Å². The van der Waals surface area contributed by atoms with Gasteiger partial charge in [0.05, 0.1) is 12.2 Å². The van der Waals surface area contributed by atoms with Gasteiger partial charge < -0.3 is 9.64 Å². The molecule has 26 heavy (non-hydrogen) atoms. The number of carbonyl (C=O) groups excluding carboxylic acids is 1. The summed E-state index contributed by atoms with van der Waals surface area (Å²) in [5.74, 6) is 1.27. The minimum absolute atomic E-state index is 0.194. The molecule has 2 rings (SSSR count). The van der Waals surface area contributed by atoms with Crippen LogP contribution in [0.25, 0.3) is 0 Å². The molecule has 0 N–H and O–H groups in total. The number of rotatable bonds is 9. The average molecular weight is 395 g/mol. The Hall–Kier alpha value is -1.59. The summed E-state index contributed by atoms with van der Waals surface area (Å²) in [7, 11) is 0. The molecule has 0 aliphatic heterocycles. The van der Waals surface area contributed by atoms with Gasteiger partial charge in [-0.1, -0.05) is 38.4 Å². The third-order valence-electron chi connectivity index (χ3n) is 4.12. The van der Waals surface area contributed by atoms with E-state index < -0.39 is 0 Å². The number of nitrogens with zero attached hydrogens (tertiary/aromatic N) is 2. The molecule has 4 nitrogen and oxygen atoms in total. The maximum absolute atomic E-state index is 12.6. The molecule has 6 heteroatoms. The van der Waals surface area contributed by atoms with Gasteiger partial charge >= 0.3 is 0 Å². The number of ether oxygens (including phenoxy) is 1. The van der Waals surface area contributed by atoms with Crippen LogP contribution in [-0.2, 0) is 17.9 Å². The first-order chi connectivity index (χ1) is 12.4. The third kappa shape index (κ3) is 6.29. The Morgan fingerprint density at radius 1 is 1.35 bits per heavy atom. The van der Waals surface area contributed by atoms with Gasteiger partial charge in [0.15, 0.2) is 0 Å². The zero-order valence-corrected chi connectivity index (χ0v) is 17.4. The van der Waals surface area contributed by atoms with Gasteiger partial charge in [-0.2, -0.15) is 0 Å². The van der Waals surface area contributed by atoms with E-state index >= 15 is 0 Å². The molecule has 2 aromatic rings. The van der Waals surface area contributed by atoms with Crippen molar-refractivity contribution in [3.63, 3.8) is 0 Å². The first-order valence-corrected chi connectivity index (χ1v) is 10.3. The molecule has 0 bridgehead atoms. The van der Waals surface area contributed by atoms with Crippen LogP contribution in [0.4, 0.5) is 0 Å². The Morgan fingerprint density at radius 2 is 2.12 bits per heavy atom. The normalized spacial score (nSPS) is 12.2. The molecule has 0 spiro atoms. The number of carbonyl (C=O) groups is 1. The lowest BCUT2D eigenvalue weighted by atomic mass is 10.1. The van der Waals surface area contributed by atoms with Crippen molar-refractivity contribution in [2.24, 2.45) is 5.92 Å². The quantitative estimate of drug-likeness (QED) is 0.560. The maximum Gasteiger partial charge on any atom is 0.223 e. The number of thiazole rings is 1. The Balaban J connectivity index is 1.99. The summed E-state index contributed by atoms with van der Waals surface area (Å²) in [6.07, 6.45) is 1.50.